The molecular formula is C10H10FNOS. The molecule has 0 atom stereocenters. The summed E-state index contributed by atoms with van der Waals surface area (Å²) in [6.45, 7) is 0. The first kappa shape index (κ1) is 9.52. The summed E-state index contributed by atoms with van der Waals surface area (Å²) in [7, 11) is 1.66. The van der Waals surface area contributed by atoms with E-state index >= 15 is 0 Å². The van der Waals surface area contributed by atoms with E-state index in [-0.39, 0.29) is 11.7 Å². The number of fused-ring (bicyclic) bond motifs is 1. The summed E-state index contributed by atoms with van der Waals surface area (Å²) in [5.41, 5.74) is 1.26. The van der Waals surface area contributed by atoms with E-state index in [4.69, 9.17) is 0 Å². The molecule has 74 valence electrons. The number of hydrogen-bond donors (Lipinski definition) is 1. The lowest BCUT2D eigenvalue weighted by atomic mass is 10.0. The van der Waals surface area contributed by atoms with E-state index in [9.17, 15) is 9.18 Å². The van der Waals surface area contributed by atoms with Crippen LogP contribution in [0.5, 0.6) is 0 Å². The molecule has 1 aromatic rings. The maximum absolute atomic E-state index is 13.6. The number of nitrogens with zero attached hydrogens (tertiary/aromatic N) is 1. The Kier molecular flexibility index (Phi) is 2.23. The molecular weight excluding hydrogens is 201 g/mol. The summed E-state index contributed by atoms with van der Waals surface area (Å²) < 4.78 is 13.6. The van der Waals surface area contributed by atoms with E-state index in [1.807, 2.05) is 0 Å². The molecule has 0 saturated heterocycles. The van der Waals surface area contributed by atoms with Crippen molar-refractivity contribution in [3.8, 4) is 0 Å². The highest BCUT2D eigenvalue weighted by molar-refractivity contribution is 7.80. The second-order valence-corrected chi connectivity index (χ2v) is 3.83. The molecule has 0 radical (unpaired) electrons. The highest BCUT2D eigenvalue weighted by atomic mass is 32.1. The Bertz CT molecular complexity index is 405. The summed E-state index contributed by atoms with van der Waals surface area (Å²) in [6.07, 6.45) is 0.844. The normalized spacial score (nSPS) is 15.6. The molecule has 0 aliphatic carbocycles. The summed E-state index contributed by atoms with van der Waals surface area (Å²) in [5, 5.41) is 0. The van der Waals surface area contributed by atoms with E-state index < -0.39 is 0 Å². The van der Waals surface area contributed by atoms with E-state index in [1.54, 1.807) is 19.2 Å². The van der Waals surface area contributed by atoms with Gasteiger partial charge in [-0.25, -0.2) is 4.39 Å². The van der Waals surface area contributed by atoms with Crippen molar-refractivity contribution in [3.05, 3.63) is 23.5 Å². The Morgan fingerprint density at radius 2 is 2.14 bits per heavy atom. The zero-order valence-electron chi connectivity index (χ0n) is 7.75. The van der Waals surface area contributed by atoms with Gasteiger partial charge in [0.05, 0.1) is 0 Å². The topological polar surface area (TPSA) is 20.3 Å². The summed E-state index contributed by atoms with van der Waals surface area (Å²) in [5.74, 6) is -0.269. The molecule has 1 heterocycles. The van der Waals surface area contributed by atoms with Crippen molar-refractivity contribution in [1.82, 2.24) is 0 Å². The quantitative estimate of drug-likeness (QED) is 0.651. The Morgan fingerprint density at radius 1 is 1.43 bits per heavy atom. The van der Waals surface area contributed by atoms with Gasteiger partial charge in [0.15, 0.2) is 0 Å². The van der Waals surface area contributed by atoms with Crippen LogP contribution < -0.4 is 4.90 Å². The van der Waals surface area contributed by atoms with Crippen LogP contribution in [0.15, 0.2) is 17.0 Å². The lowest BCUT2D eigenvalue weighted by Gasteiger charge is -2.26. The van der Waals surface area contributed by atoms with Crippen LogP contribution in [0.4, 0.5) is 10.1 Å². The Balaban J connectivity index is 2.59. The van der Waals surface area contributed by atoms with Gasteiger partial charge in [0.2, 0.25) is 5.91 Å². The van der Waals surface area contributed by atoms with Crippen LogP contribution in [-0.2, 0) is 11.2 Å². The molecule has 0 fully saturated rings. The number of benzene rings is 1. The SMILES string of the molecule is CN1C(=O)CCc2c1ccc(S)c2F. The van der Waals surface area contributed by atoms with Gasteiger partial charge in [0.25, 0.3) is 0 Å². The number of rotatable bonds is 0. The average Bonchev–Trinajstić information content (AvgIpc) is 2.17. The van der Waals surface area contributed by atoms with Gasteiger partial charge in [0, 0.05) is 29.6 Å². The van der Waals surface area contributed by atoms with Crippen LogP contribution in [0, 0.1) is 5.82 Å². The molecule has 0 unspecified atom stereocenters. The van der Waals surface area contributed by atoms with Gasteiger partial charge < -0.3 is 4.90 Å². The van der Waals surface area contributed by atoms with Gasteiger partial charge in [-0.3, -0.25) is 4.79 Å². The van der Waals surface area contributed by atoms with Crippen molar-refractivity contribution in [2.24, 2.45) is 0 Å². The standard InChI is InChI=1S/C10H10FNOS/c1-12-7-3-4-8(14)10(11)6(7)2-5-9(12)13/h3-4,14H,2,5H2,1H3. The molecule has 0 bridgehead atoms. The number of hydrogen-bond acceptors (Lipinski definition) is 2. The fourth-order valence-electron chi connectivity index (χ4n) is 1.68. The van der Waals surface area contributed by atoms with Crippen molar-refractivity contribution in [2.75, 3.05) is 11.9 Å². The predicted molar refractivity (Wildman–Crippen MR) is 55.4 cm³/mol. The van der Waals surface area contributed by atoms with Crippen LogP contribution >= 0.6 is 12.6 Å². The molecule has 4 heteroatoms. The van der Waals surface area contributed by atoms with Crippen LogP contribution in [0.25, 0.3) is 0 Å². The molecule has 0 aromatic heterocycles. The van der Waals surface area contributed by atoms with Crippen LogP contribution in [0.3, 0.4) is 0 Å². The van der Waals surface area contributed by atoms with Gasteiger partial charge in [-0.05, 0) is 18.6 Å². The highest BCUT2D eigenvalue weighted by Crippen LogP contribution is 2.31. The van der Waals surface area contributed by atoms with E-state index in [0.717, 1.165) is 0 Å². The number of carbonyl (C=O) groups excluding carboxylic acids is 1. The van der Waals surface area contributed by atoms with Gasteiger partial charge in [-0.2, -0.15) is 0 Å². The largest absolute Gasteiger partial charge is 0.315 e. The van der Waals surface area contributed by atoms with Crippen molar-refractivity contribution in [3.63, 3.8) is 0 Å². The maximum atomic E-state index is 13.6. The zero-order valence-corrected chi connectivity index (χ0v) is 8.64. The third kappa shape index (κ3) is 1.30. The minimum atomic E-state index is -0.301. The molecule has 1 aliphatic heterocycles. The third-order valence-corrected chi connectivity index (χ3v) is 2.87. The second-order valence-electron chi connectivity index (χ2n) is 3.35. The Hall–Kier alpha value is -1.03. The molecule has 2 nitrogen and oxygen atoms in total. The first-order chi connectivity index (χ1) is 6.61. The van der Waals surface area contributed by atoms with Crippen LogP contribution in [0.2, 0.25) is 0 Å². The van der Waals surface area contributed by atoms with Gasteiger partial charge in [-0.1, -0.05) is 0 Å². The smallest absolute Gasteiger partial charge is 0.227 e. The second kappa shape index (κ2) is 3.28. The molecule has 14 heavy (non-hydrogen) atoms. The lowest BCUT2D eigenvalue weighted by Crippen LogP contribution is -2.31. The lowest BCUT2D eigenvalue weighted by molar-refractivity contribution is -0.118. The Morgan fingerprint density at radius 3 is 2.86 bits per heavy atom. The first-order valence-electron chi connectivity index (χ1n) is 4.38. The molecule has 1 aromatic carbocycles. The van der Waals surface area contributed by atoms with Crippen LogP contribution in [0.1, 0.15) is 12.0 Å². The van der Waals surface area contributed by atoms with Gasteiger partial charge >= 0.3 is 0 Å². The van der Waals surface area contributed by atoms with Gasteiger partial charge in [-0.15, -0.1) is 12.6 Å². The molecule has 1 aliphatic rings. The minimum Gasteiger partial charge on any atom is -0.315 e. The molecule has 1 amide bonds. The first-order valence-corrected chi connectivity index (χ1v) is 4.83. The van der Waals surface area contributed by atoms with Crippen molar-refractivity contribution < 1.29 is 9.18 Å². The minimum absolute atomic E-state index is 0.0313. The molecule has 0 spiro atoms. The molecule has 2 rings (SSSR count). The average molecular weight is 211 g/mol. The fourth-order valence-corrected chi connectivity index (χ4v) is 1.89. The summed E-state index contributed by atoms with van der Waals surface area (Å²) in [6, 6.07) is 3.31. The van der Waals surface area contributed by atoms with Crippen molar-refractivity contribution >= 4 is 24.2 Å². The number of anilines is 1. The monoisotopic (exact) mass is 211 g/mol. The Labute approximate surface area is 87.1 Å². The highest BCUT2D eigenvalue weighted by Gasteiger charge is 2.23. The van der Waals surface area contributed by atoms with Crippen molar-refractivity contribution in [1.29, 1.82) is 0 Å². The number of thiol groups is 1. The summed E-state index contributed by atoms with van der Waals surface area (Å²) >= 11 is 4.01. The van der Waals surface area contributed by atoms with E-state index in [0.29, 0.717) is 29.0 Å². The maximum Gasteiger partial charge on any atom is 0.227 e. The van der Waals surface area contributed by atoms with Crippen LogP contribution in [-0.4, -0.2) is 13.0 Å². The number of halogens is 1. The number of carbonyl (C=O) groups is 1. The third-order valence-electron chi connectivity index (χ3n) is 2.52. The predicted octanol–water partition coefficient (Wildman–Crippen LogP) is 2.02. The van der Waals surface area contributed by atoms with Crippen molar-refractivity contribution in [2.45, 2.75) is 17.7 Å². The fraction of sp³-hybridized carbons (Fsp3) is 0.300. The molecule has 0 N–H and O–H groups in total. The zero-order chi connectivity index (χ0) is 10.3. The van der Waals surface area contributed by atoms with E-state index in [2.05, 4.69) is 12.6 Å². The summed E-state index contributed by atoms with van der Waals surface area (Å²) in [4.78, 5) is 13.2. The van der Waals surface area contributed by atoms with E-state index in [1.165, 1.54) is 4.90 Å². The van der Waals surface area contributed by atoms with Gasteiger partial charge in [0.1, 0.15) is 5.82 Å². The number of amides is 1. The molecule has 0 saturated carbocycles.